The van der Waals surface area contributed by atoms with Crippen LogP contribution >= 0.6 is 11.8 Å². The van der Waals surface area contributed by atoms with E-state index in [1.807, 2.05) is 13.8 Å². The number of hydrogen-bond acceptors (Lipinski definition) is 5. The maximum atomic E-state index is 12.8. The molecule has 1 fully saturated rings. The molecule has 1 unspecified atom stereocenters. The SMILES string of the molecule is CC(C)CNC(=O)C1CSCN1C(=O)c1cc(=O)c2ccccc2o1. The van der Waals surface area contributed by atoms with E-state index in [4.69, 9.17) is 4.42 Å². The number of nitrogens with zero attached hydrogens (tertiary/aromatic N) is 1. The van der Waals surface area contributed by atoms with Crippen LogP contribution in [0.2, 0.25) is 0 Å². The first kappa shape index (κ1) is 17.5. The fourth-order valence-corrected chi connectivity index (χ4v) is 3.79. The van der Waals surface area contributed by atoms with Gasteiger partial charge in [0.05, 0.1) is 11.3 Å². The number of amides is 2. The van der Waals surface area contributed by atoms with Crippen molar-refractivity contribution in [2.45, 2.75) is 19.9 Å². The van der Waals surface area contributed by atoms with Crippen molar-refractivity contribution in [2.24, 2.45) is 5.92 Å². The van der Waals surface area contributed by atoms with Gasteiger partial charge in [-0.2, -0.15) is 0 Å². The van der Waals surface area contributed by atoms with Crippen molar-refractivity contribution >= 4 is 34.5 Å². The Kier molecular flexibility index (Phi) is 5.13. The van der Waals surface area contributed by atoms with Crippen molar-refractivity contribution in [3.05, 3.63) is 46.3 Å². The van der Waals surface area contributed by atoms with Crippen molar-refractivity contribution in [3.63, 3.8) is 0 Å². The third kappa shape index (κ3) is 3.71. The largest absolute Gasteiger partial charge is 0.451 e. The van der Waals surface area contributed by atoms with Gasteiger partial charge in [-0.15, -0.1) is 11.8 Å². The van der Waals surface area contributed by atoms with Crippen LogP contribution in [0.5, 0.6) is 0 Å². The monoisotopic (exact) mass is 360 g/mol. The third-order valence-corrected chi connectivity index (χ3v) is 4.99. The molecule has 7 heteroatoms. The van der Waals surface area contributed by atoms with E-state index in [0.717, 1.165) is 0 Å². The zero-order valence-electron chi connectivity index (χ0n) is 14.2. The molecule has 25 heavy (non-hydrogen) atoms. The summed E-state index contributed by atoms with van der Waals surface area (Å²) < 4.78 is 5.61. The molecule has 1 aliphatic rings. The van der Waals surface area contributed by atoms with Crippen LogP contribution in [0.3, 0.4) is 0 Å². The van der Waals surface area contributed by atoms with Gasteiger partial charge in [-0.25, -0.2) is 0 Å². The van der Waals surface area contributed by atoms with Crippen LogP contribution in [-0.2, 0) is 4.79 Å². The fourth-order valence-electron chi connectivity index (χ4n) is 2.63. The molecule has 0 bridgehead atoms. The number of nitrogens with one attached hydrogen (secondary N) is 1. The Morgan fingerprint density at radius 1 is 1.36 bits per heavy atom. The Labute approximate surface area is 149 Å². The van der Waals surface area contributed by atoms with Crippen LogP contribution in [0.4, 0.5) is 0 Å². The highest BCUT2D eigenvalue weighted by atomic mass is 32.2. The molecule has 132 valence electrons. The molecule has 6 nitrogen and oxygen atoms in total. The number of thioether (sulfide) groups is 1. The first-order valence-electron chi connectivity index (χ1n) is 8.16. The van der Waals surface area contributed by atoms with E-state index in [-0.39, 0.29) is 17.1 Å². The quantitative estimate of drug-likeness (QED) is 0.903. The van der Waals surface area contributed by atoms with Crippen LogP contribution in [0.25, 0.3) is 11.0 Å². The number of hydrogen-bond donors (Lipinski definition) is 1. The first-order chi connectivity index (χ1) is 12.0. The summed E-state index contributed by atoms with van der Waals surface area (Å²) in [5.41, 5.74) is 0.101. The third-order valence-electron chi connectivity index (χ3n) is 3.98. The van der Waals surface area contributed by atoms with E-state index >= 15 is 0 Å². The topological polar surface area (TPSA) is 79.6 Å². The van der Waals surface area contributed by atoms with E-state index in [1.54, 1.807) is 24.3 Å². The average Bonchev–Trinajstić information content (AvgIpc) is 3.08. The number of fused-ring (bicyclic) bond motifs is 1. The van der Waals surface area contributed by atoms with Crippen LogP contribution in [0.1, 0.15) is 24.4 Å². The van der Waals surface area contributed by atoms with Gasteiger partial charge in [0.25, 0.3) is 5.91 Å². The second-order valence-corrected chi connectivity index (χ2v) is 7.40. The molecule has 0 spiro atoms. The maximum Gasteiger partial charge on any atom is 0.291 e. The minimum absolute atomic E-state index is 0.0344. The van der Waals surface area contributed by atoms with E-state index in [1.165, 1.54) is 22.7 Å². The summed E-state index contributed by atoms with van der Waals surface area (Å²) in [5, 5.41) is 3.29. The lowest BCUT2D eigenvalue weighted by atomic mass is 10.2. The molecule has 0 radical (unpaired) electrons. The lowest BCUT2D eigenvalue weighted by molar-refractivity contribution is -0.124. The highest BCUT2D eigenvalue weighted by molar-refractivity contribution is 7.99. The van der Waals surface area contributed by atoms with Gasteiger partial charge in [0.1, 0.15) is 11.6 Å². The molecule has 0 aliphatic carbocycles. The Hall–Kier alpha value is -2.28. The molecule has 1 saturated heterocycles. The van der Waals surface area contributed by atoms with Gasteiger partial charge in [-0.05, 0) is 18.1 Å². The van der Waals surface area contributed by atoms with Crippen molar-refractivity contribution in [2.75, 3.05) is 18.2 Å². The molecule has 1 aliphatic heterocycles. The smallest absolute Gasteiger partial charge is 0.291 e. The van der Waals surface area contributed by atoms with Crippen LogP contribution in [0, 0.1) is 5.92 Å². The maximum absolute atomic E-state index is 12.8. The average molecular weight is 360 g/mol. The van der Waals surface area contributed by atoms with Crippen molar-refractivity contribution in [1.29, 1.82) is 0 Å². The summed E-state index contributed by atoms with van der Waals surface area (Å²) in [6.45, 7) is 4.58. The van der Waals surface area contributed by atoms with Gasteiger partial charge < -0.3 is 14.6 Å². The molecule has 2 amide bonds. The molecule has 1 N–H and O–H groups in total. The summed E-state index contributed by atoms with van der Waals surface area (Å²) in [4.78, 5) is 38.8. The number of benzene rings is 1. The van der Waals surface area contributed by atoms with Gasteiger partial charge in [-0.1, -0.05) is 26.0 Å². The van der Waals surface area contributed by atoms with Gasteiger partial charge in [-0.3, -0.25) is 14.4 Å². The molecule has 1 atom stereocenters. The lowest BCUT2D eigenvalue weighted by Gasteiger charge is -2.23. The Balaban J connectivity index is 1.84. The molecule has 1 aromatic heterocycles. The van der Waals surface area contributed by atoms with Gasteiger partial charge in [0.2, 0.25) is 5.91 Å². The number of carbonyl (C=O) groups is 2. The predicted molar refractivity (Wildman–Crippen MR) is 97.6 cm³/mol. The summed E-state index contributed by atoms with van der Waals surface area (Å²) >= 11 is 1.51. The van der Waals surface area contributed by atoms with E-state index < -0.39 is 11.9 Å². The predicted octanol–water partition coefficient (Wildman–Crippen LogP) is 2.08. The Morgan fingerprint density at radius 2 is 2.12 bits per heavy atom. The number of carbonyl (C=O) groups excluding carboxylic acids is 2. The second kappa shape index (κ2) is 7.31. The number of rotatable bonds is 4. The minimum Gasteiger partial charge on any atom is -0.451 e. The van der Waals surface area contributed by atoms with Gasteiger partial charge in [0, 0.05) is 18.4 Å². The fraction of sp³-hybridized carbons (Fsp3) is 0.389. The second-order valence-electron chi connectivity index (χ2n) is 6.40. The van der Waals surface area contributed by atoms with Crippen molar-refractivity contribution < 1.29 is 14.0 Å². The first-order valence-corrected chi connectivity index (χ1v) is 9.32. The van der Waals surface area contributed by atoms with Crippen molar-refractivity contribution in [3.8, 4) is 0 Å². The van der Waals surface area contributed by atoms with E-state index in [2.05, 4.69) is 5.32 Å². The molecule has 2 aromatic rings. The molecule has 2 heterocycles. The highest BCUT2D eigenvalue weighted by Crippen LogP contribution is 2.24. The van der Waals surface area contributed by atoms with Crippen LogP contribution in [0.15, 0.2) is 39.5 Å². The number of para-hydroxylation sites is 1. The summed E-state index contributed by atoms with van der Waals surface area (Å²) in [5.74, 6) is 0.629. The molecule has 1 aromatic carbocycles. The summed E-state index contributed by atoms with van der Waals surface area (Å²) in [6, 6.07) is 7.45. The van der Waals surface area contributed by atoms with Crippen LogP contribution < -0.4 is 10.7 Å². The zero-order chi connectivity index (χ0) is 18.0. The zero-order valence-corrected chi connectivity index (χ0v) is 15.0. The minimum atomic E-state index is -0.548. The van der Waals surface area contributed by atoms with Crippen LogP contribution in [-0.4, -0.2) is 40.9 Å². The Morgan fingerprint density at radius 3 is 2.88 bits per heavy atom. The molecule has 3 rings (SSSR count). The normalized spacial score (nSPS) is 17.2. The molecular weight excluding hydrogens is 340 g/mol. The summed E-state index contributed by atoms with van der Waals surface area (Å²) in [6.07, 6.45) is 0. The van der Waals surface area contributed by atoms with Gasteiger partial charge >= 0.3 is 0 Å². The standard InChI is InChI=1S/C18H20N2O4S/c1-11(2)8-19-17(22)13-9-25-10-20(13)18(23)16-7-14(21)12-5-3-4-6-15(12)24-16/h3-7,11,13H,8-10H2,1-2H3,(H,19,22). The van der Waals surface area contributed by atoms with Gasteiger partial charge in [0.15, 0.2) is 11.2 Å². The van der Waals surface area contributed by atoms with Crippen molar-refractivity contribution in [1.82, 2.24) is 10.2 Å². The molecule has 0 saturated carbocycles. The highest BCUT2D eigenvalue weighted by Gasteiger charge is 2.36. The lowest BCUT2D eigenvalue weighted by Crippen LogP contribution is -2.48. The van der Waals surface area contributed by atoms with E-state index in [0.29, 0.717) is 35.1 Å². The van der Waals surface area contributed by atoms with E-state index in [9.17, 15) is 14.4 Å². The Bertz CT molecular complexity index is 862. The summed E-state index contributed by atoms with van der Waals surface area (Å²) in [7, 11) is 0. The molecular formula is C18H20N2O4S.